The van der Waals surface area contributed by atoms with E-state index in [1.807, 2.05) is 0 Å². The molecule has 0 atom stereocenters. The fourth-order valence-electron chi connectivity index (χ4n) is 0.109. The molecule has 0 aliphatic carbocycles. The van der Waals surface area contributed by atoms with Gasteiger partial charge in [0.25, 0.3) is 0 Å². The largest absolute Gasteiger partial charge is 0.384 e. The molecule has 0 aromatic carbocycles. The van der Waals surface area contributed by atoms with Crippen LogP contribution in [-0.2, 0) is 0 Å². The molecule has 0 aliphatic rings. The normalized spacial score (nSPS) is 10.1. The van der Waals surface area contributed by atoms with Crippen LogP contribution in [-0.4, -0.2) is 10.8 Å². The number of rotatable bonds is 1. The van der Waals surface area contributed by atoms with Crippen molar-refractivity contribution in [1.29, 1.82) is 0 Å². The summed E-state index contributed by atoms with van der Waals surface area (Å²) in [6.07, 6.45) is 0. The van der Waals surface area contributed by atoms with Gasteiger partial charge in [0, 0.05) is 4.91 Å². The molecule has 7 heavy (non-hydrogen) atoms. The molecule has 0 fully saturated rings. The molecule has 0 aromatic heterocycles. The summed E-state index contributed by atoms with van der Waals surface area (Å²) < 4.78 is 0. The lowest BCUT2D eigenvalue weighted by Crippen LogP contribution is -2.12. The van der Waals surface area contributed by atoms with Crippen molar-refractivity contribution in [3.63, 3.8) is 0 Å². The van der Waals surface area contributed by atoms with Crippen LogP contribution in [0.5, 0.6) is 0 Å². The molecule has 0 spiro atoms. The van der Waals surface area contributed by atoms with Gasteiger partial charge >= 0.3 is 0 Å². The summed E-state index contributed by atoms with van der Waals surface area (Å²) in [4.78, 5) is 2.38. The van der Waals surface area contributed by atoms with Crippen molar-refractivity contribution < 1.29 is 5.11 Å². The first-order valence-electron chi connectivity index (χ1n) is 1.85. The Morgan fingerprint density at radius 2 is 2.14 bits per heavy atom. The minimum Gasteiger partial charge on any atom is -0.384 e. The SMILES string of the molecule is CC(C)(O)N=[N+]=[N-]. The number of hydrogen-bond donors (Lipinski definition) is 1. The molecule has 40 valence electrons. The summed E-state index contributed by atoms with van der Waals surface area (Å²) >= 11 is 0. The highest BCUT2D eigenvalue weighted by Crippen LogP contribution is 2.00. The zero-order valence-corrected chi connectivity index (χ0v) is 4.29. The number of hydrogen-bond acceptors (Lipinski definition) is 2. The second-order valence-corrected chi connectivity index (χ2v) is 1.68. The maximum atomic E-state index is 8.60. The average molecular weight is 101 g/mol. The highest BCUT2D eigenvalue weighted by molar-refractivity contribution is 4.60. The van der Waals surface area contributed by atoms with Crippen molar-refractivity contribution in [1.82, 2.24) is 0 Å². The Balaban J connectivity index is 3.80. The van der Waals surface area contributed by atoms with Crippen molar-refractivity contribution in [2.45, 2.75) is 19.6 Å². The first-order chi connectivity index (χ1) is 3.06. The van der Waals surface area contributed by atoms with Crippen LogP contribution < -0.4 is 0 Å². The standard InChI is InChI=1S/C3H7N3O/c1-3(2,7)5-6-4/h7H,1-2H3. The molecular formula is C3H7N3O. The van der Waals surface area contributed by atoms with E-state index in [-0.39, 0.29) is 0 Å². The van der Waals surface area contributed by atoms with E-state index in [0.717, 1.165) is 0 Å². The third kappa shape index (κ3) is 5.27. The Morgan fingerprint density at radius 1 is 1.71 bits per heavy atom. The van der Waals surface area contributed by atoms with E-state index in [4.69, 9.17) is 10.6 Å². The maximum absolute atomic E-state index is 8.60. The van der Waals surface area contributed by atoms with E-state index in [9.17, 15) is 0 Å². The van der Waals surface area contributed by atoms with Crippen LogP contribution in [0.25, 0.3) is 10.4 Å². The van der Waals surface area contributed by atoms with Crippen molar-refractivity contribution in [2.24, 2.45) is 5.11 Å². The van der Waals surface area contributed by atoms with Crippen molar-refractivity contribution in [2.75, 3.05) is 0 Å². The zero-order valence-electron chi connectivity index (χ0n) is 4.29. The quantitative estimate of drug-likeness (QED) is 0.299. The average Bonchev–Trinajstić information content (AvgIpc) is 1.30. The highest BCUT2D eigenvalue weighted by Gasteiger charge is 2.05. The number of azide groups is 1. The maximum Gasteiger partial charge on any atom is 0.138 e. The lowest BCUT2D eigenvalue weighted by Gasteiger charge is -2.04. The van der Waals surface area contributed by atoms with E-state index in [0.29, 0.717) is 0 Å². The molecule has 0 aliphatic heterocycles. The molecule has 0 unspecified atom stereocenters. The first kappa shape index (κ1) is 6.27. The molecule has 0 saturated heterocycles. The molecule has 0 aromatic rings. The van der Waals surface area contributed by atoms with Gasteiger partial charge in [-0.2, -0.15) is 0 Å². The molecule has 4 heteroatoms. The molecule has 0 amide bonds. The third-order valence-corrected chi connectivity index (χ3v) is 0.289. The Morgan fingerprint density at radius 3 is 2.14 bits per heavy atom. The summed E-state index contributed by atoms with van der Waals surface area (Å²) in [6.45, 7) is 2.82. The van der Waals surface area contributed by atoms with Crippen LogP contribution in [0.15, 0.2) is 5.11 Å². The highest BCUT2D eigenvalue weighted by atomic mass is 16.3. The summed E-state index contributed by atoms with van der Waals surface area (Å²) in [5, 5.41) is 11.6. The van der Waals surface area contributed by atoms with Gasteiger partial charge in [-0.05, 0) is 19.4 Å². The Bertz CT molecular complexity index is 97.2. The molecular weight excluding hydrogens is 94.1 g/mol. The number of nitrogens with zero attached hydrogens (tertiary/aromatic N) is 3. The second-order valence-electron chi connectivity index (χ2n) is 1.68. The van der Waals surface area contributed by atoms with Gasteiger partial charge in [0.1, 0.15) is 5.72 Å². The topological polar surface area (TPSA) is 69.0 Å². The lowest BCUT2D eigenvalue weighted by atomic mass is 10.3. The Hall–Kier alpha value is -0.730. The third-order valence-electron chi connectivity index (χ3n) is 0.289. The smallest absolute Gasteiger partial charge is 0.138 e. The van der Waals surface area contributed by atoms with E-state index in [1.54, 1.807) is 0 Å². The van der Waals surface area contributed by atoms with Gasteiger partial charge in [0.2, 0.25) is 0 Å². The van der Waals surface area contributed by atoms with E-state index < -0.39 is 5.72 Å². The second kappa shape index (κ2) is 1.82. The van der Waals surface area contributed by atoms with E-state index in [1.165, 1.54) is 13.8 Å². The Kier molecular flexibility index (Phi) is 1.63. The predicted molar refractivity (Wildman–Crippen MR) is 25.4 cm³/mol. The van der Waals surface area contributed by atoms with Crippen LogP contribution in [0.1, 0.15) is 13.8 Å². The fraction of sp³-hybridized carbons (Fsp3) is 1.00. The molecule has 0 heterocycles. The molecule has 0 radical (unpaired) electrons. The summed E-state index contributed by atoms with van der Waals surface area (Å²) in [6, 6.07) is 0. The van der Waals surface area contributed by atoms with Gasteiger partial charge in [-0.1, -0.05) is 5.11 Å². The molecule has 4 nitrogen and oxygen atoms in total. The summed E-state index contributed by atoms with van der Waals surface area (Å²) in [7, 11) is 0. The van der Waals surface area contributed by atoms with Crippen molar-refractivity contribution >= 4 is 0 Å². The van der Waals surface area contributed by atoms with Crippen LogP contribution in [0.2, 0.25) is 0 Å². The fourth-order valence-corrected chi connectivity index (χ4v) is 0.109. The summed E-state index contributed by atoms with van der Waals surface area (Å²) in [5.74, 6) is 0. The van der Waals surface area contributed by atoms with Gasteiger partial charge < -0.3 is 5.11 Å². The monoisotopic (exact) mass is 101 g/mol. The molecule has 0 bridgehead atoms. The van der Waals surface area contributed by atoms with Gasteiger partial charge in [0.15, 0.2) is 0 Å². The van der Waals surface area contributed by atoms with Crippen LogP contribution >= 0.6 is 0 Å². The van der Waals surface area contributed by atoms with E-state index in [2.05, 4.69) is 10.0 Å². The first-order valence-corrected chi connectivity index (χ1v) is 1.85. The minimum absolute atomic E-state index is 1.24. The van der Waals surface area contributed by atoms with Gasteiger partial charge in [-0.3, -0.25) is 0 Å². The zero-order chi connectivity index (χ0) is 5.91. The molecule has 0 rings (SSSR count). The van der Waals surface area contributed by atoms with Gasteiger partial charge in [-0.15, -0.1) is 0 Å². The van der Waals surface area contributed by atoms with Crippen molar-refractivity contribution in [3.8, 4) is 0 Å². The predicted octanol–water partition coefficient (Wildman–Crippen LogP) is 1.03. The van der Waals surface area contributed by atoms with Crippen LogP contribution in [0.4, 0.5) is 0 Å². The molecule has 0 saturated carbocycles. The van der Waals surface area contributed by atoms with Gasteiger partial charge in [0.05, 0.1) is 0 Å². The number of aliphatic hydroxyl groups is 1. The molecule has 1 N–H and O–H groups in total. The minimum atomic E-state index is -1.24. The lowest BCUT2D eigenvalue weighted by molar-refractivity contribution is 0.0884. The summed E-state index contributed by atoms with van der Waals surface area (Å²) in [5.41, 5.74) is 6.46. The van der Waals surface area contributed by atoms with E-state index >= 15 is 0 Å². The van der Waals surface area contributed by atoms with Crippen molar-refractivity contribution in [3.05, 3.63) is 10.4 Å². The Labute approximate surface area is 41.4 Å². The van der Waals surface area contributed by atoms with Gasteiger partial charge in [-0.25, -0.2) is 0 Å². The van der Waals surface area contributed by atoms with Crippen LogP contribution in [0, 0.1) is 0 Å². The van der Waals surface area contributed by atoms with Crippen LogP contribution in [0.3, 0.4) is 0 Å².